The molecule has 3 aromatic rings. The molecule has 0 radical (unpaired) electrons. The van der Waals surface area contributed by atoms with Crippen molar-refractivity contribution < 1.29 is 9.47 Å². The molecule has 0 aromatic heterocycles. The molecule has 0 fully saturated rings. The summed E-state index contributed by atoms with van der Waals surface area (Å²) in [5.74, 6) is 0.868. The van der Waals surface area contributed by atoms with E-state index in [-0.39, 0.29) is 6.04 Å². The number of methoxy groups -OCH3 is 1. The van der Waals surface area contributed by atoms with Gasteiger partial charge < -0.3 is 14.4 Å². The maximum absolute atomic E-state index is 6.17. The predicted octanol–water partition coefficient (Wildman–Crippen LogP) is 6.83. The van der Waals surface area contributed by atoms with Gasteiger partial charge in [0.2, 0.25) is 0 Å². The summed E-state index contributed by atoms with van der Waals surface area (Å²) in [6.45, 7) is 4.18. The Morgan fingerprint density at radius 1 is 1.00 bits per heavy atom. The largest absolute Gasteiger partial charge is 0.491 e. The first-order valence-corrected chi connectivity index (χ1v) is 11.2. The van der Waals surface area contributed by atoms with Crippen molar-refractivity contribution in [2.75, 3.05) is 31.8 Å². The van der Waals surface area contributed by atoms with Gasteiger partial charge in [0, 0.05) is 24.4 Å². The Bertz CT molecular complexity index is 1090. The molecule has 1 aliphatic rings. The van der Waals surface area contributed by atoms with E-state index in [2.05, 4.69) is 66.4 Å². The number of halogens is 1. The van der Waals surface area contributed by atoms with Crippen LogP contribution in [0, 0.1) is 0 Å². The van der Waals surface area contributed by atoms with Gasteiger partial charge in [0.05, 0.1) is 12.6 Å². The highest BCUT2D eigenvalue weighted by atomic mass is 35.5. The summed E-state index contributed by atoms with van der Waals surface area (Å²) in [4.78, 5) is 2.35. The van der Waals surface area contributed by atoms with E-state index in [0.717, 1.165) is 22.9 Å². The van der Waals surface area contributed by atoms with Crippen molar-refractivity contribution in [1.82, 2.24) is 0 Å². The molecular weight excluding hydrogens is 418 g/mol. The van der Waals surface area contributed by atoms with Gasteiger partial charge in [-0.2, -0.15) is 0 Å². The number of para-hydroxylation sites is 1. The van der Waals surface area contributed by atoms with E-state index >= 15 is 0 Å². The van der Waals surface area contributed by atoms with E-state index < -0.39 is 0 Å². The van der Waals surface area contributed by atoms with Crippen LogP contribution in [0.15, 0.2) is 78.9 Å². The Balaban J connectivity index is 1.42. The number of hydrogen-bond acceptors (Lipinski definition) is 3. The molecule has 164 valence electrons. The molecule has 1 aliphatic heterocycles. The molecule has 1 unspecified atom stereocenters. The fraction of sp³-hybridized carbons (Fsp3) is 0.214. The molecule has 0 saturated carbocycles. The molecule has 0 N–H and O–H groups in total. The van der Waals surface area contributed by atoms with Gasteiger partial charge in [-0.05, 0) is 59.5 Å². The minimum Gasteiger partial charge on any atom is -0.491 e. The van der Waals surface area contributed by atoms with Gasteiger partial charge in [-0.1, -0.05) is 72.3 Å². The first-order valence-electron chi connectivity index (χ1n) is 10.8. The van der Waals surface area contributed by atoms with Crippen molar-refractivity contribution in [1.29, 1.82) is 0 Å². The fourth-order valence-electron chi connectivity index (χ4n) is 3.90. The van der Waals surface area contributed by atoms with E-state index in [1.807, 2.05) is 36.4 Å². The molecule has 3 nitrogen and oxygen atoms in total. The molecule has 3 aromatic carbocycles. The van der Waals surface area contributed by atoms with Crippen LogP contribution in [0.3, 0.4) is 0 Å². The summed E-state index contributed by atoms with van der Waals surface area (Å²) < 4.78 is 11.5. The Labute approximate surface area is 195 Å². The third-order valence-corrected chi connectivity index (χ3v) is 5.92. The maximum Gasteiger partial charge on any atom is 0.119 e. The molecule has 4 rings (SSSR count). The van der Waals surface area contributed by atoms with Gasteiger partial charge in [0.15, 0.2) is 0 Å². The summed E-state index contributed by atoms with van der Waals surface area (Å²) >= 11 is 5.98. The van der Waals surface area contributed by atoms with Gasteiger partial charge in [-0.3, -0.25) is 0 Å². The Morgan fingerprint density at radius 3 is 2.50 bits per heavy atom. The smallest absolute Gasteiger partial charge is 0.119 e. The fourth-order valence-corrected chi connectivity index (χ4v) is 4.02. The Kier molecular flexibility index (Phi) is 7.31. The van der Waals surface area contributed by atoms with Crippen molar-refractivity contribution in [3.05, 3.63) is 101 Å². The van der Waals surface area contributed by atoms with Crippen LogP contribution >= 0.6 is 11.6 Å². The van der Waals surface area contributed by atoms with E-state index in [1.54, 1.807) is 7.11 Å². The normalized spacial score (nSPS) is 15.5. The molecular formula is C28H28ClNO2. The minimum atomic E-state index is 0.159. The number of anilines is 1. The summed E-state index contributed by atoms with van der Waals surface area (Å²) in [5.41, 5.74) is 5.94. The van der Waals surface area contributed by atoms with Gasteiger partial charge >= 0.3 is 0 Å². The van der Waals surface area contributed by atoms with Gasteiger partial charge in [-0.15, -0.1) is 0 Å². The van der Waals surface area contributed by atoms with Crippen LogP contribution in [-0.2, 0) is 4.74 Å². The minimum absolute atomic E-state index is 0.159. The van der Waals surface area contributed by atoms with Crippen LogP contribution < -0.4 is 9.64 Å². The van der Waals surface area contributed by atoms with E-state index in [9.17, 15) is 0 Å². The second-order valence-electron chi connectivity index (χ2n) is 7.89. The lowest BCUT2D eigenvalue weighted by Crippen LogP contribution is -2.42. The lowest BCUT2D eigenvalue weighted by atomic mass is 10.0. The maximum atomic E-state index is 6.17. The van der Waals surface area contributed by atoms with Gasteiger partial charge in [0.25, 0.3) is 0 Å². The first kappa shape index (κ1) is 22.2. The van der Waals surface area contributed by atoms with Crippen LogP contribution in [0.5, 0.6) is 5.75 Å². The van der Waals surface area contributed by atoms with Crippen molar-refractivity contribution in [3.8, 4) is 5.75 Å². The van der Waals surface area contributed by atoms with Crippen LogP contribution in [0.1, 0.15) is 23.6 Å². The highest BCUT2D eigenvalue weighted by Gasteiger charge is 2.22. The van der Waals surface area contributed by atoms with Gasteiger partial charge in [0.1, 0.15) is 12.4 Å². The quantitative estimate of drug-likeness (QED) is 0.355. The van der Waals surface area contributed by atoms with Crippen molar-refractivity contribution in [2.24, 2.45) is 0 Å². The van der Waals surface area contributed by atoms with Crippen LogP contribution in [0.25, 0.3) is 17.7 Å². The number of fused-ring (bicyclic) bond motifs is 1. The SMILES string of the molecule is COCCN1c2ccccc2C=CC1COc1ccc(C(C)=Cc2ccc(Cl)cc2)cc1. The second-order valence-corrected chi connectivity index (χ2v) is 8.32. The molecule has 0 bridgehead atoms. The third kappa shape index (κ3) is 5.42. The number of ether oxygens (including phenoxy) is 2. The van der Waals surface area contributed by atoms with Crippen molar-refractivity contribution >= 4 is 35.0 Å². The summed E-state index contributed by atoms with van der Waals surface area (Å²) in [6.07, 6.45) is 6.55. The zero-order chi connectivity index (χ0) is 22.3. The third-order valence-electron chi connectivity index (χ3n) is 5.66. The topological polar surface area (TPSA) is 21.7 Å². The number of rotatable bonds is 8. The molecule has 0 amide bonds. The molecule has 32 heavy (non-hydrogen) atoms. The number of hydrogen-bond donors (Lipinski definition) is 0. The molecule has 4 heteroatoms. The first-order chi connectivity index (χ1) is 15.6. The number of allylic oxidation sites excluding steroid dienone is 1. The van der Waals surface area contributed by atoms with Crippen molar-refractivity contribution in [2.45, 2.75) is 13.0 Å². The van der Waals surface area contributed by atoms with Crippen LogP contribution in [-0.4, -0.2) is 32.9 Å². The predicted molar refractivity (Wildman–Crippen MR) is 135 cm³/mol. The highest BCUT2D eigenvalue weighted by molar-refractivity contribution is 6.30. The Morgan fingerprint density at radius 2 is 1.75 bits per heavy atom. The lowest BCUT2D eigenvalue weighted by molar-refractivity contribution is 0.200. The highest BCUT2D eigenvalue weighted by Crippen LogP contribution is 2.29. The molecule has 0 aliphatic carbocycles. The molecule has 1 atom stereocenters. The average Bonchev–Trinajstić information content (AvgIpc) is 2.83. The van der Waals surface area contributed by atoms with Crippen molar-refractivity contribution in [3.63, 3.8) is 0 Å². The summed E-state index contributed by atoms with van der Waals surface area (Å²) in [6, 6.07) is 24.7. The summed E-state index contributed by atoms with van der Waals surface area (Å²) in [5, 5.41) is 0.749. The standard InChI is InChI=1S/C28H28ClNO2/c1-21(19-22-7-12-25(29)13-8-22)23-10-15-27(16-11-23)32-20-26-14-9-24-5-3-4-6-28(24)30(26)17-18-31-2/h3-16,19,26H,17-18,20H2,1-2H3. The zero-order valence-electron chi connectivity index (χ0n) is 18.5. The second kappa shape index (κ2) is 10.5. The molecule has 1 heterocycles. The van der Waals surface area contributed by atoms with E-state index in [4.69, 9.17) is 21.1 Å². The molecule has 0 saturated heterocycles. The monoisotopic (exact) mass is 445 g/mol. The number of benzene rings is 3. The molecule has 0 spiro atoms. The summed E-state index contributed by atoms with van der Waals surface area (Å²) in [7, 11) is 1.74. The Hall–Kier alpha value is -3.01. The average molecular weight is 446 g/mol. The number of nitrogens with zero attached hydrogens (tertiary/aromatic N) is 1. The van der Waals surface area contributed by atoms with Crippen LogP contribution in [0.4, 0.5) is 5.69 Å². The van der Waals surface area contributed by atoms with Crippen LogP contribution in [0.2, 0.25) is 5.02 Å². The lowest BCUT2D eigenvalue weighted by Gasteiger charge is -2.35. The van der Waals surface area contributed by atoms with Gasteiger partial charge in [-0.25, -0.2) is 0 Å². The van der Waals surface area contributed by atoms with E-state index in [0.29, 0.717) is 13.2 Å². The zero-order valence-corrected chi connectivity index (χ0v) is 19.3. The van der Waals surface area contributed by atoms with E-state index in [1.165, 1.54) is 22.4 Å².